The summed E-state index contributed by atoms with van der Waals surface area (Å²) in [6, 6.07) is 7.62. The second-order valence-electron chi connectivity index (χ2n) is 4.53. The zero-order valence-corrected chi connectivity index (χ0v) is 11.6. The first-order valence-electron chi connectivity index (χ1n) is 6.61. The van der Waals surface area contributed by atoms with Crippen molar-refractivity contribution >= 4 is 5.91 Å². The maximum atomic E-state index is 11.9. The van der Waals surface area contributed by atoms with Crippen molar-refractivity contribution in [3.05, 3.63) is 54.1 Å². The summed E-state index contributed by atoms with van der Waals surface area (Å²) in [5.41, 5.74) is 1.82. The third-order valence-electron chi connectivity index (χ3n) is 2.95. The first kappa shape index (κ1) is 14.3. The average Bonchev–Trinajstić information content (AvgIpc) is 2.97. The van der Waals surface area contributed by atoms with E-state index in [0.717, 1.165) is 18.5 Å². The second kappa shape index (κ2) is 7.45. The minimum Gasteiger partial charge on any atom is -0.385 e. The molecule has 1 N–H and O–H groups in total. The van der Waals surface area contributed by atoms with Crippen LogP contribution in [-0.4, -0.2) is 35.7 Å². The highest BCUT2D eigenvalue weighted by atomic mass is 16.5. The van der Waals surface area contributed by atoms with Crippen molar-refractivity contribution in [2.45, 2.75) is 13.0 Å². The molecule has 20 heavy (non-hydrogen) atoms. The molecule has 0 atom stereocenters. The van der Waals surface area contributed by atoms with Gasteiger partial charge in [-0.3, -0.25) is 4.79 Å². The number of carbonyl (C=O) groups excluding carboxylic acids is 1. The Morgan fingerprint density at radius 1 is 1.35 bits per heavy atom. The SMILES string of the molecule is COCCCNC(=O)c1ccc(Cn2ccnc2)cc1. The van der Waals surface area contributed by atoms with Crippen molar-refractivity contribution in [2.24, 2.45) is 0 Å². The van der Waals surface area contributed by atoms with E-state index < -0.39 is 0 Å². The molecule has 1 amide bonds. The van der Waals surface area contributed by atoms with Gasteiger partial charge in [0.05, 0.1) is 6.33 Å². The molecule has 0 fully saturated rings. The summed E-state index contributed by atoms with van der Waals surface area (Å²) in [6.07, 6.45) is 6.26. The zero-order chi connectivity index (χ0) is 14.2. The summed E-state index contributed by atoms with van der Waals surface area (Å²) in [4.78, 5) is 15.9. The molecule has 0 bridgehead atoms. The fourth-order valence-corrected chi connectivity index (χ4v) is 1.87. The van der Waals surface area contributed by atoms with Crippen molar-refractivity contribution in [1.29, 1.82) is 0 Å². The zero-order valence-electron chi connectivity index (χ0n) is 11.6. The number of aromatic nitrogens is 2. The molecule has 0 saturated carbocycles. The fraction of sp³-hybridized carbons (Fsp3) is 0.333. The topological polar surface area (TPSA) is 56.1 Å². The van der Waals surface area contributed by atoms with Crippen LogP contribution < -0.4 is 5.32 Å². The van der Waals surface area contributed by atoms with Gasteiger partial charge in [-0.05, 0) is 24.1 Å². The number of amides is 1. The highest BCUT2D eigenvalue weighted by molar-refractivity contribution is 5.94. The Morgan fingerprint density at radius 2 is 2.15 bits per heavy atom. The van der Waals surface area contributed by atoms with Crippen LogP contribution in [0.1, 0.15) is 22.3 Å². The Balaban J connectivity index is 1.85. The number of hydrogen-bond acceptors (Lipinski definition) is 3. The maximum absolute atomic E-state index is 11.9. The van der Waals surface area contributed by atoms with Crippen molar-refractivity contribution < 1.29 is 9.53 Å². The lowest BCUT2D eigenvalue weighted by atomic mass is 10.1. The van der Waals surface area contributed by atoms with E-state index in [2.05, 4.69) is 10.3 Å². The lowest BCUT2D eigenvalue weighted by molar-refractivity contribution is 0.0948. The van der Waals surface area contributed by atoms with E-state index >= 15 is 0 Å². The Morgan fingerprint density at radius 3 is 2.80 bits per heavy atom. The molecule has 1 heterocycles. The third kappa shape index (κ3) is 4.20. The summed E-state index contributed by atoms with van der Waals surface area (Å²) in [7, 11) is 1.65. The van der Waals surface area contributed by atoms with Gasteiger partial charge in [0.1, 0.15) is 0 Å². The molecule has 0 saturated heterocycles. The molecule has 0 aliphatic heterocycles. The van der Waals surface area contributed by atoms with Crippen LogP contribution in [0.4, 0.5) is 0 Å². The Hall–Kier alpha value is -2.14. The van der Waals surface area contributed by atoms with E-state index in [9.17, 15) is 4.79 Å². The minimum atomic E-state index is -0.0460. The normalized spacial score (nSPS) is 10.4. The van der Waals surface area contributed by atoms with E-state index in [1.165, 1.54) is 0 Å². The van der Waals surface area contributed by atoms with E-state index in [1.807, 2.05) is 35.0 Å². The van der Waals surface area contributed by atoms with Crippen LogP contribution in [0.15, 0.2) is 43.0 Å². The fourth-order valence-electron chi connectivity index (χ4n) is 1.87. The van der Waals surface area contributed by atoms with Gasteiger partial charge >= 0.3 is 0 Å². The number of methoxy groups -OCH3 is 1. The lowest BCUT2D eigenvalue weighted by Crippen LogP contribution is -2.25. The van der Waals surface area contributed by atoms with Crippen molar-refractivity contribution in [2.75, 3.05) is 20.3 Å². The largest absolute Gasteiger partial charge is 0.385 e. The highest BCUT2D eigenvalue weighted by Gasteiger charge is 2.04. The summed E-state index contributed by atoms with van der Waals surface area (Å²) in [5.74, 6) is -0.0460. The van der Waals surface area contributed by atoms with Crippen molar-refractivity contribution in [3.63, 3.8) is 0 Å². The highest BCUT2D eigenvalue weighted by Crippen LogP contribution is 2.06. The lowest BCUT2D eigenvalue weighted by Gasteiger charge is -2.06. The molecule has 106 valence electrons. The molecular weight excluding hydrogens is 254 g/mol. The van der Waals surface area contributed by atoms with E-state index in [4.69, 9.17) is 4.74 Å². The molecular formula is C15H19N3O2. The van der Waals surface area contributed by atoms with Crippen LogP contribution in [0.3, 0.4) is 0 Å². The van der Waals surface area contributed by atoms with Gasteiger partial charge in [0.15, 0.2) is 0 Å². The Kier molecular flexibility index (Phi) is 5.32. The van der Waals surface area contributed by atoms with E-state index in [-0.39, 0.29) is 5.91 Å². The molecule has 0 spiro atoms. The van der Waals surface area contributed by atoms with Crippen LogP contribution in [0, 0.1) is 0 Å². The van der Waals surface area contributed by atoms with Crippen molar-refractivity contribution in [1.82, 2.24) is 14.9 Å². The smallest absolute Gasteiger partial charge is 0.251 e. The average molecular weight is 273 g/mol. The van der Waals surface area contributed by atoms with Gasteiger partial charge in [-0.2, -0.15) is 0 Å². The van der Waals surface area contributed by atoms with E-state index in [0.29, 0.717) is 18.7 Å². The molecule has 2 rings (SSSR count). The number of ether oxygens (including phenoxy) is 1. The standard InChI is InChI=1S/C15H19N3O2/c1-20-10-2-7-17-15(19)14-5-3-13(4-6-14)11-18-9-8-16-12-18/h3-6,8-9,12H,2,7,10-11H2,1H3,(H,17,19). The number of nitrogens with zero attached hydrogens (tertiary/aromatic N) is 2. The third-order valence-corrected chi connectivity index (χ3v) is 2.95. The predicted octanol–water partition coefficient (Wildman–Crippen LogP) is 1.70. The van der Waals surface area contributed by atoms with Gasteiger partial charge in [-0.1, -0.05) is 12.1 Å². The number of rotatable bonds is 7. The number of nitrogens with one attached hydrogen (secondary N) is 1. The molecule has 2 aromatic rings. The van der Waals surface area contributed by atoms with Gasteiger partial charge in [0.2, 0.25) is 0 Å². The molecule has 0 aliphatic rings. The number of imidazole rings is 1. The quantitative estimate of drug-likeness (QED) is 0.781. The molecule has 5 heteroatoms. The van der Waals surface area contributed by atoms with Crippen LogP contribution >= 0.6 is 0 Å². The summed E-state index contributed by atoms with van der Waals surface area (Å²) < 4.78 is 6.92. The van der Waals surface area contributed by atoms with Gasteiger partial charge in [-0.25, -0.2) is 4.98 Å². The molecule has 1 aromatic carbocycles. The van der Waals surface area contributed by atoms with E-state index in [1.54, 1.807) is 19.6 Å². The summed E-state index contributed by atoms with van der Waals surface area (Å²) >= 11 is 0. The van der Waals surface area contributed by atoms with Crippen LogP contribution in [0.2, 0.25) is 0 Å². The minimum absolute atomic E-state index is 0.0460. The van der Waals surface area contributed by atoms with Gasteiger partial charge in [-0.15, -0.1) is 0 Å². The van der Waals surface area contributed by atoms with Gasteiger partial charge in [0.25, 0.3) is 5.91 Å². The molecule has 5 nitrogen and oxygen atoms in total. The predicted molar refractivity (Wildman–Crippen MR) is 76.6 cm³/mol. The molecule has 0 radical (unpaired) electrons. The van der Waals surface area contributed by atoms with Crippen LogP contribution in [-0.2, 0) is 11.3 Å². The summed E-state index contributed by atoms with van der Waals surface area (Å²) in [6.45, 7) is 2.04. The Bertz CT molecular complexity index is 521. The molecule has 1 aromatic heterocycles. The number of carbonyl (C=O) groups is 1. The number of benzene rings is 1. The molecule has 0 unspecified atom stereocenters. The first-order chi connectivity index (χ1) is 9.79. The van der Waals surface area contributed by atoms with Crippen LogP contribution in [0.5, 0.6) is 0 Å². The summed E-state index contributed by atoms with van der Waals surface area (Å²) in [5, 5.41) is 2.86. The number of hydrogen-bond donors (Lipinski definition) is 1. The van der Waals surface area contributed by atoms with Crippen LogP contribution in [0.25, 0.3) is 0 Å². The first-order valence-corrected chi connectivity index (χ1v) is 6.61. The molecule has 0 aliphatic carbocycles. The van der Waals surface area contributed by atoms with Gasteiger partial charge < -0.3 is 14.6 Å². The Labute approximate surface area is 118 Å². The van der Waals surface area contributed by atoms with Gasteiger partial charge in [0, 0.05) is 44.8 Å². The monoisotopic (exact) mass is 273 g/mol. The maximum Gasteiger partial charge on any atom is 0.251 e. The van der Waals surface area contributed by atoms with Crippen molar-refractivity contribution in [3.8, 4) is 0 Å². The second-order valence-corrected chi connectivity index (χ2v) is 4.53.